The maximum absolute atomic E-state index is 9.75. The van der Waals surface area contributed by atoms with Crippen molar-refractivity contribution in [1.82, 2.24) is 5.06 Å². The first-order valence-corrected chi connectivity index (χ1v) is 3.23. The van der Waals surface area contributed by atoms with E-state index < -0.39 is 8.69 Å². The highest BCUT2D eigenvalue weighted by atomic mass is 31.1. The first-order chi connectivity index (χ1) is 3.43. The molecule has 1 aliphatic heterocycles. The molecule has 0 radical (unpaired) electrons. The third-order valence-electron chi connectivity index (χ3n) is 1.01. The van der Waals surface area contributed by atoms with Crippen molar-refractivity contribution < 1.29 is 9.19 Å². The molecular formula is C3H8NO2P. The molecule has 0 amide bonds. The smallest absolute Gasteiger partial charge is 0.199 e. The Kier molecular flexibility index (Phi) is 1.86. The van der Waals surface area contributed by atoms with Gasteiger partial charge in [0.05, 0.1) is 0 Å². The second-order valence-electron chi connectivity index (χ2n) is 1.48. The zero-order valence-electron chi connectivity index (χ0n) is 3.96. The molecule has 0 aromatic rings. The summed E-state index contributed by atoms with van der Waals surface area (Å²) < 4.78 is 14.4. The van der Waals surface area contributed by atoms with Crippen molar-refractivity contribution in [1.29, 1.82) is 0 Å². The van der Waals surface area contributed by atoms with Crippen LogP contribution in [0.15, 0.2) is 0 Å². The molecule has 0 saturated carbocycles. The molecule has 0 aromatic heterocycles. The Morgan fingerprint density at radius 2 is 2.29 bits per heavy atom. The van der Waals surface area contributed by atoms with Gasteiger partial charge in [-0.15, -0.1) is 0 Å². The van der Waals surface area contributed by atoms with Gasteiger partial charge >= 0.3 is 0 Å². The monoisotopic (exact) mass is 121 g/mol. The van der Waals surface area contributed by atoms with E-state index >= 15 is 0 Å². The predicted molar refractivity (Wildman–Crippen MR) is 27.7 cm³/mol. The van der Waals surface area contributed by atoms with Crippen molar-refractivity contribution in [2.45, 2.75) is 6.42 Å². The van der Waals surface area contributed by atoms with Crippen molar-refractivity contribution in [3.63, 3.8) is 0 Å². The van der Waals surface area contributed by atoms with Crippen molar-refractivity contribution in [2.24, 2.45) is 0 Å². The summed E-state index contributed by atoms with van der Waals surface area (Å²) in [6, 6.07) is 0. The normalized spacial score (nSPS) is 23.4. The number of hydrogen-bond acceptors (Lipinski definition) is 3. The van der Waals surface area contributed by atoms with Crippen LogP contribution in [0.5, 0.6) is 0 Å². The third kappa shape index (κ3) is 1.27. The Balaban J connectivity index is 2.03. The lowest BCUT2D eigenvalue weighted by atomic mass is 10.3. The Hall–Kier alpha value is 0.150. The van der Waals surface area contributed by atoms with Crippen LogP contribution in [0.25, 0.3) is 0 Å². The molecule has 1 fully saturated rings. The molecule has 1 atom stereocenters. The summed E-state index contributed by atoms with van der Waals surface area (Å²) in [4.78, 5) is 0. The molecule has 1 aliphatic rings. The third-order valence-corrected chi connectivity index (χ3v) is 1.39. The van der Waals surface area contributed by atoms with E-state index in [0.717, 1.165) is 13.1 Å². The molecule has 0 bridgehead atoms. The Morgan fingerprint density at radius 1 is 1.57 bits per heavy atom. The number of hydroxylamine groups is 2. The van der Waals surface area contributed by atoms with E-state index in [1.165, 1.54) is 6.42 Å². The van der Waals surface area contributed by atoms with Gasteiger partial charge in [0.1, 0.15) is 0 Å². The summed E-state index contributed by atoms with van der Waals surface area (Å²) in [7, 11) is -1.02. The Bertz CT molecular complexity index is 73.3. The summed E-state index contributed by atoms with van der Waals surface area (Å²) in [5.41, 5.74) is 0. The van der Waals surface area contributed by atoms with Gasteiger partial charge in [0.25, 0.3) is 0 Å². The summed E-state index contributed by atoms with van der Waals surface area (Å²) >= 11 is 0. The highest BCUT2D eigenvalue weighted by Gasteiger charge is 2.12. The number of nitrogens with zero attached hydrogens (tertiary/aromatic N) is 1. The fraction of sp³-hybridized carbons (Fsp3) is 1.00. The van der Waals surface area contributed by atoms with Crippen LogP contribution in [0.4, 0.5) is 0 Å². The standard InChI is InChI=1S/C3H8NO2P/c5-7-6-4-2-1-3-4/h1-3,7H2. The van der Waals surface area contributed by atoms with E-state index in [-0.39, 0.29) is 0 Å². The predicted octanol–water partition coefficient (Wildman–Crippen LogP) is 0.295. The molecule has 7 heavy (non-hydrogen) atoms. The maximum atomic E-state index is 9.75. The number of hydrogen-bond donors (Lipinski definition) is 0. The van der Waals surface area contributed by atoms with Gasteiger partial charge in [-0.3, -0.25) is 4.57 Å². The van der Waals surface area contributed by atoms with Gasteiger partial charge in [-0.1, -0.05) is 0 Å². The molecule has 3 nitrogen and oxygen atoms in total. The van der Waals surface area contributed by atoms with Crippen molar-refractivity contribution >= 4 is 8.69 Å². The molecule has 1 rings (SSSR count). The van der Waals surface area contributed by atoms with Crippen LogP contribution in [0.2, 0.25) is 0 Å². The Morgan fingerprint density at radius 3 is 2.43 bits per heavy atom. The van der Waals surface area contributed by atoms with Crippen LogP contribution < -0.4 is 0 Å². The molecule has 1 unspecified atom stereocenters. The molecule has 0 spiro atoms. The SMILES string of the molecule is O=[PH2]ON1CCC1. The first kappa shape index (κ1) is 5.29. The van der Waals surface area contributed by atoms with Crippen LogP contribution in [-0.2, 0) is 9.19 Å². The van der Waals surface area contributed by atoms with Gasteiger partial charge < -0.3 is 0 Å². The lowest BCUT2D eigenvalue weighted by Gasteiger charge is -2.26. The lowest BCUT2D eigenvalue weighted by Crippen LogP contribution is -2.34. The van der Waals surface area contributed by atoms with Crippen molar-refractivity contribution in [3.8, 4) is 0 Å². The minimum atomic E-state index is -1.02. The molecular weight excluding hydrogens is 113 g/mol. The van der Waals surface area contributed by atoms with Crippen molar-refractivity contribution in [3.05, 3.63) is 0 Å². The highest BCUT2D eigenvalue weighted by molar-refractivity contribution is 7.17. The number of rotatable bonds is 2. The molecule has 1 heterocycles. The van der Waals surface area contributed by atoms with E-state index in [4.69, 9.17) is 0 Å². The van der Waals surface area contributed by atoms with Gasteiger partial charge in [-0.25, -0.2) is 4.62 Å². The van der Waals surface area contributed by atoms with Gasteiger partial charge in [0, 0.05) is 13.1 Å². The summed E-state index contributed by atoms with van der Waals surface area (Å²) in [6.07, 6.45) is 1.18. The highest BCUT2D eigenvalue weighted by Crippen LogP contribution is 2.10. The van der Waals surface area contributed by atoms with Gasteiger partial charge in [0.15, 0.2) is 8.69 Å². The molecule has 0 N–H and O–H groups in total. The zero-order valence-corrected chi connectivity index (χ0v) is 5.12. The summed E-state index contributed by atoms with van der Waals surface area (Å²) in [6.45, 7) is 1.91. The maximum Gasteiger partial charge on any atom is 0.199 e. The van der Waals surface area contributed by atoms with Crippen LogP contribution in [-0.4, -0.2) is 18.2 Å². The van der Waals surface area contributed by atoms with E-state index in [2.05, 4.69) is 4.62 Å². The van der Waals surface area contributed by atoms with Crippen LogP contribution in [0.3, 0.4) is 0 Å². The van der Waals surface area contributed by atoms with Gasteiger partial charge in [0.2, 0.25) is 0 Å². The van der Waals surface area contributed by atoms with Crippen molar-refractivity contribution in [2.75, 3.05) is 13.1 Å². The fourth-order valence-corrected chi connectivity index (χ4v) is 0.786. The van der Waals surface area contributed by atoms with Crippen LogP contribution in [0, 0.1) is 0 Å². The van der Waals surface area contributed by atoms with Gasteiger partial charge in [-0.2, -0.15) is 5.06 Å². The first-order valence-electron chi connectivity index (χ1n) is 2.29. The second kappa shape index (κ2) is 2.46. The lowest BCUT2D eigenvalue weighted by molar-refractivity contribution is -0.0962. The second-order valence-corrected chi connectivity index (χ2v) is 1.89. The summed E-state index contributed by atoms with van der Waals surface area (Å²) in [5, 5.41) is 1.71. The molecule has 0 aliphatic carbocycles. The zero-order chi connectivity index (χ0) is 5.11. The van der Waals surface area contributed by atoms with E-state index in [1.807, 2.05) is 0 Å². The Labute approximate surface area is 43.5 Å². The molecule has 4 heteroatoms. The topological polar surface area (TPSA) is 29.5 Å². The summed E-state index contributed by atoms with van der Waals surface area (Å²) in [5.74, 6) is 0. The van der Waals surface area contributed by atoms with E-state index in [1.54, 1.807) is 5.06 Å². The average Bonchev–Trinajstić information content (AvgIpc) is 1.55. The van der Waals surface area contributed by atoms with Crippen LogP contribution in [0.1, 0.15) is 6.42 Å². The molecule has 0 aromatic carbocycles. The average molecular weight is 121 g/mol. The van der Waals surface area contributed by atoms with E-state index in [0.29, 0.717) is 0 Å². The minimum absolute atomic E-state index is 0.954. The van der Waals surface area contributed by atoms with Crippen LogP contribution >= 0.6 is 8.69 Å². The van der Waals surface area contributed by atoms with Gasteiger partial charge in [-0.05, 0) is 6.42 Å². The molecule has 1 saturated heterocycles. The quantitative estimate of drug-likeness (QED) is 0.492. The van der Waals surface area contributed by atoms with E-state index in [9.17, 15) is 4.57 Å². The molecule has 42 valence electrons. The fourth-order valence-electron chi connectivity index (χ4n) is 0.453. The minimum Gasteiger partial charge on any atom is -0.298 e. The largest absolute Gasteiger partial charge is 0.298 e.